The van der Waals surface area contributed by atoms with Gasteiger partial charge in [0.2, 0.25) is 17.7 Å². The molecule has 2 saturated heterocycles. The zero-order valence-electron chi connectivity index (χ0n) is 24.1. The van der Waals surface area contributed by atoms with Crippen LogP contribution in [0.5, 0.6) is 0 Å². The molecule has 9 nitrogen and oxygen atoms in total. The summed E-state index contributed by atoms with van der Waals surface area (Å²) in [6.07, 6.45) is 10.3. The van der Waals surface area contributed by atoms with Gasteiger partial charge in [-0.1, -0.05) is 42.5 Å². The number of nitrogens with one attached hydrogen (secondary N) is 2. The number of amides is 4. The van der Waals surface area contributed by atoms with Crippen LogP contribution in [0.1, 0.15) is 47.3 Å². The molecule has 3 heterocycles. The Morgan fingerprint density at radius 3 is 1.84 bits per heavy atom. The number of aromatic nitrogens is 1. The van der Waals surface area contributed by atoms with E-state index in [0.29, 0.717) is 48.8 Å². The average molecular weight is 598 g/mol. The van der Waals surface area contributed by atoms with Gasteiger partial charge in [-0.2, -0.15) is 11.8 Å². The highest BCUT2D eigenvalue weighted by molar-refractivity contribution is 7.99. The van der Waals surface area contributed by atoms with Gasteiger partial charge in [0.1, 0.15) is 17.8 Å². The third-order valence-corrected chi connectivity index (χ3v) is 8.20. The van der Waals surface area contributed by atoms with Crippen molar-refractivity contribution in [2.45, 2.75) is 37.8 Å². The molecule has 2 N–H and O–H groups in total. The van der Waals surface area contributed by atoms with Crippen LogP contribution in [0.3, 0.4) is 0 Å². The van der Waals surface area contributed by atoms with Crippen LogP contribution in [0.2, 0.25) is 0 Å². The molecule has 4 amide bonds. The molecule has 2 fully saturated rings. The molecule has 0 bridgehead atoms. The van der Waals surface area contributed by atoms with Crippen LogP contribution in [-0.2, 0) is 14.4 Å². The first-order valence-corrected chi connectivity index (χ1v) is 15.8. The highest BCUT2D eigenvalue weighted by Crippen LogP contribution is 2.23. The second-order valence-electron chi connectivity index (χ2n) is 10.6. The van der Waals surface area contributed by atoms with Crippen LogP contribution < -0.4 is 10.6 Å². The summed E-state index contributed by atoms with van der Waals surface area (Å²) >= 11 is 1.47. The number of carbonyl (C=O) groups is 4. The molecule has 43 heavy (non-hydrogen) atoms. The Bertz CT molecular complexity index is 1480. The van der Waals surface area contributed by atoms with Gasteiger partial charge >= 0.3 is 0 Å². The van der Waals surface area contributed by atoms with Crippen LogP contribution in [0, 0.1) is 0 Å². The summed E-state index contributed by atoms with van der Waals surface area (Å²) in [5.74, 6) is -0.189. The fourth-order valence-electron chi connectivity index (χ4n) is 5.46. The Kier molecular flexibility index (Phi) is 9.88. The third kappa shape index (κ3) is 7.50. The van der Waals surface area contributed by atoms with E-state index in [1.54, 1.807) is 34.2 Å². The lowest BCUT2D eigenvalue weighted by Crippen LogP contribution is -2.43. The van der Waals surface area contributed by atoms with Crippen LogP contribution in [0.15, 0.2) is 72.9 Å². The number of hydrogen-bond donors (Lipinski definition) is 2. The quantitative estimate of drug-likeness (QED) is 0.343. The summed E-state index contributed by atoms with van der Waals surface area (Å²) in [5, 5.41) is 5.89. The molecule has 2 aliphatic rings. The zero-order valence-corrected chi connectivity index (χ0v) is 24.9. The molecule has 0 spiro atoms. The number of rotatable bonds is 9. The van der Waals surface area contributed by atoms with E-state index in [4.69, 9.17) is 0 Å². The van der Waals surface area contributed by atoms with E-state index in [2.05, 4.69) is 15.6 Å². The third-order valence-electron chi connectivity index (χ3n) is 7.67. The highest BCUT2D eigenvalue weighted by Gasteiger charge is 2.35. The molecule has 0 radical (unpaired) electrons. The van der Waals surface area contributed by atoms with E-state index in [9.17, 15) is 19.2 Å². The maximum absolute atomic E-state index is 13.0. The topological polar surface area (TPSA) is 112 Å². The molecule has 3 aromatic rings. The van der Waals surface area contributed by atoms with Gasteiger partial charge in [-0.25, -0.2) is 0 Å². The molecule has 0 aliphatic carbocycles. The van der Waals surface area contributed by atoms with E-state index < -0.39 is 12.1 Å². The van der Waals surface area contributed by atoms with Gasteiger partial charge in [0.25, 0.3) is 5.91 Å². The maximum atomic E-state index is 13.0. The Balaban J connectivity index is 1.13. The van der Waals surface area contributed by atoms with Crippen LogP contribution >= 0.6 is 11.8 Å². The van der Waals surface area contributed by atoms with Gasteiger partial charge in [-0.15, -0.1) is 0 Å². The van der Waals surface area contributed by atoms with E-state index in [1.165, 1.54) is 11.8 Å². The summed E-state index contributed by atoms with van der Waals surface area (Å²) in [6.45, 7) is 1.16. The molecule has 5 rings (SSSR count). The van der Waals surface area contributed by atoms with Crippen molar-refractivity contribution >= 4 is 58.9 Å². The van der Waals surface area contributed by atoms with Gasteiger partial charge in [0, 0.05) is 30.7 Å². The van der Waals surface area contributed by atoms with Crippen molar-refractivity contribution in [3.05, 3.63) is 89.7 Å². The van der Waals surface area contributed by atoms with Crippen molar-refractivity contribution in [3.8, 4) is 0 Å². The van der Waals surface area contributed by atoms with Crippen molar-refractivity contribution in [1.29, 1.82) is 0 Å². The number of carbonyl (C=O) groups excluding carboxylic acids is 4. The minimum atomic E-state index is -0.526. The van der Waals surface area contributed by atoms with Crippen molar-refractivity contribution in [2.24, 2.45) is 0 Å². The first-order valence-electron chi connectivity index (χ1n) is 14.4. The van der Waals surface area contributed by atoms with E-state index in [-0.39, 0.29) is 23.6 Å². The number of likely N-dealkylation sites (tertiary alicyclic amines) is 2. The predicted molar refractivity (Wildman–Crippen MR) is 170 cm³/mol. The van der Waals surface area contributed by atoms with E-state index in [1.807, 2.05) is 66.9 Å². The van der Waals surface area contributed by atoms with E-state index >= 15 is 0 Å². The zero-order chi connectivity index (χ0) is 30.2. The van der Waals surface area contributed by atoms with Crippen molar-refractivity contribution in [3.63, 3.8) is 0 Å². The maximum Gasteiger partial charge on any atom is 0.273 e. The Morgan fingerprint density at radius 2 is 1.33 bits per heavy atom. The minimum absolute atomic E-state index is 0.00889. The Labute approximate surface area is 255 Å². The lowest BCUT2D eigenvalue weighted by Gasteiger charge is -2.23. The van der Waals surface area contributed by atoms with Gasteiger partial charge < -0.3 is 20.4 Å². The van der Waals surface area contributed by atoms with Crippen molar-refractivity contribution in [2.75, 3.05) is 35.7 Å². The second kappa shape index (κ2) is 14.2. The minimum Gasteiger partial charge on any atom is -0.330 e. The van der Waals surface area contributed by atoms with Gasteiger partial charge in [0.05, 0.1) is 5.75 Å². The number of anilines is 2. The van der Waals surface area contributed by atoms with Crippen molar-refractivity contribution < 1.29 is 19.2 Å². The monoisotopic (exact) mass is 597 g/mol. The summed E-state index contributed by atoms with van der Waals surface area (Å²) in [7, 11) is 0. The number of hydrogen-bond acceptors (Lipinski definition) is 6. The highest BCUT2D eigenvalue weighted by atomic mass is 32.2. The second-order valence-corrected chi connectivity index (χ2v) is 11.5. The number of nitrogens with zero attached hydrogens (tertiary/aromatic N) is 3. The number of thioether (sulfide) groups is 1. The van der Waals surface area contributed by atoms with Crippen LogP contribution in [0.4, 0.5) is 11.4 Å². The van der Waals surface area contributed by atoms with Crippen LogP contribution in [-0.4, -0.2) is 75.6 Å². The van der Waals surface area contributed by atoms with Crippen molar-refractivity contribution in [1.82, 2.24) is 14.8 Å². The smallest absolute Gasteiger partial charge is 0.273 e. The molecular formula is C33H35N5O4S. The normalized spacial score (nSPS) is 18.2. The number of benzene rings is 2. The molecule has 0 saturated carbocycles. The summed E-state index contributed by atoms with van der Waals surface area (Å²) in [5.41, 5.74) is 3.61. The fraction of sp³-hybridized carbons (Fsp3) is 0.303. The molecule has 2 atom stereocenters. The Morgan fingerprint density at radius 1 is 0.791 bits per heavy atom. The first kappa shape index (κ1) is 30.0. The first-order chi connectivity index (χ1) is 20.9. The predicted octanol–water partition coefficient (Wildman–Crippen LogP) is 4.79. The molecule has 2 aliphatic heterocycles. The summed E-state index contributed by atoms with van der Waals surface area (Å²) < 4.78 is 0. The van der Waals surface area contributed by atoms with E-state index in [0.717, 1.165) is 24.0 Å². The molecule has 222 valence electrons. The fourth-order valence-corrected chi connectivity index (χ4v) is 5.87. The van der Waals surface area contributed by atoms with Gasteiger partial charge in [0.15, 0.2) is 0 Å². The molecule has 0 unspecified atom stereocenters. The molecular weight excluding hydrogens is 562 g/mol. The largest absolute Gasteiger partial charge is 0.330 e. The lowest BCUT2D eigenvalue weighted by atomic mass is 10.1. The van der Waals surface area contributed by atoms with Gasteiger partial charge in [-0.05, 0) is 79.5 Å². The SMILES string of the molecule is CSCC(=O)N1CCC[C@H]1C(=O)Nc1ccc(C=Cc2ccc(NC(=O)[C@@H]3CCCN3C(=O)c3ccccn3)cc2)cc1. The Hall–Kier alpha value is -4.44. The standard InChI is InChI=1S/C33H35N5O4S/c1-43-22-30(39)37-20-4-7-28(37)31(40)35-25-15-11-23(12-16-25)9-10-24-13-17-26(18-14-24)36-32(41)29-8-5-21-38(29)33(42)27-6-2-3-19-34-27/h2-3,6,9-19,28-29H,4-5,7-8,20-22H2,1H3,(H,35,40)(H,36,41)/t28-,29-/m0/s1. The molecule has 2 aromatic carbocycles. The number of pyridine rings is 1. The molecule has 1 aromatic heterocycles. The van der Waals surface area contributed by atoms with Crippen LogP contribution in [0.25, 0.3) is 12.2 Å². The average Bonchev–Trinajstić information content (AvgIpc) is 3.73. The summed E-state index contributed by atoms with van der Waals surface area (Å²) in [6, 6.07) is 19.3. The lowest BCUT2D eigenvalue weighted by molar-refractivity contribution is -0.134. The molecule has 10 heteroatoms. The van der Waals surface area contributed by atoms with Gasteiger partial charge in [-0.3, -0.25) is 24.2 Å². The summed E-state index contributed by atoms with van der Waals surface area (Å²) in [4.78, 5) is 58.5.